The van der Waals surface area contributed by atoms with Crippen LogP contribution < -0.4 is 5.32 Å². The number of benzene rings is 1. The van der Waals surface area contributed by atoms with Gasteiger partial charge in [-0.3, -0.25) is 0 Å². The molecule has 21 heavy (non-hydrogen) atoms. The second-order valence-corrected chi connectivity index (χ2v) is 4.65. The zero-order chi connectivity index (χ0) is 15.8. The lowest BCUT2D eigenvalue weighted by atomic mass is 10.1. The van der Waals surface area contributed by atoms with Crippen molar-refractivity contribution in [2.75, 3.05) is 7.05 Å². The summed E-state index contributed by atoms with van der Waals surface area (Å²) >= 11 is 0. The average molecular weight is 302 g/mol. The van der Waals surface area contributed by atoms with E-state index in [1.807, 2.05) is 6.92 Å². The van der Waals surface area contributed by atoms with Crippen molar-refractivity contribution in [3.05, 3.63) is 41.0 Å². The lowest BCUT2D eigenvalue weighted by Gasteiger charge is -2.11. The average Bonchev–Trinajstić information content (AvgIpc) is 2.79. The Kier molecular flexibility index (Phi) is 3.99. The van der Waals surface area contributed by atoms with Gasteiger partial charge in [-0.25, -0.2) is 9.07 Å². The maximum absolute atomic E-state index is 13.8. The highest BCUT2D eigenvalue weighted by molar-refractivity contribution is 5.39. The molecule has 0 fully saturated rings. The van der Waals surface area contributed by atoms with E-state index in [-0.39, 0.29) is 11.7 Å². The third kappa shape index (κ3) is 2.90. The maximum Gasteiger partial charge on any atom is 0.416 e. The maximum atomic E-state index is 13.8. The highest BCUT2D eigenvalue weighted by Crippen LogP contribution is 2.31. The second-order valence-electron chi connectivity index (χ2n) is 4.65. The van der Waals surface area contributed by atoms with Crippen LogP contribution in [0.3, 0.4) is 0 Å². The fourth-order valence-electron chi connectivity index (χ4n) is 1.96. The molecule has 0 saturated heterocycles. The smallest absolute Gasteiger partial charge is 0.312 e. The van der Waals surface area contributed by atoms with Crippen LogP contribution in [0.2, 0.25) is 0 Å². The van der Waals surface area contributed by atoms with Crippen molar-refractivity contribution in [3.8, 4) is 5.69 Å². The van der Waals surface area contributed by atoms with Crippen molar-refractivity contribution in [3.63, 3.8) is 0 Å². The summed E-state index contributed by atoms with van der Waals surface area (Å²) < 4.78 is 53.1. The van der Waals surface area contributed by atoms with E-state index in [4.69, 9.17) is 0 Å². The van der Waals surface area contributed by atoms with Gasteiger partial charge >= 0.3 is 6.18 Å². The van der Waals surface area contributed by atoms with Crippen LogP contribution >= 0.6 is 0 Å². The Morgan fingerprint density at radius 3 is 2.52 bits per heavy atom. The van der Waals surface area contributed by atoms with E-state index in [1.165, 1.54) is 0 Å². The quantitative estimate of drug-likeness (QED) is 0.886. The molecular weight excluding hydrogens is 288 g/mol. The lowest BCUT2D eigenvalue weighted by molar-refractivity contribution is -0.137. The first kappa shape index (κ1) is 15.4. The SMILES string of the molecule is CNC(C)c1nnn(-c2cc(C(F)(F)F)ccc2F)c1C. The molecule has 0 amide bonds. The Morgan fingerprint density at radius 2 is 1.95 bits per heavy atom. The van der Waals surface area contributed by atoms with Crippen LogP contribution in [-0.2, 0) is 6.18 Å². The fourth-order valence-corrected chi connectivity index (χ4v) is 1.96. The zero-order valence-electron chi connectivity index (χ0n) is 11.7. The first-order valence-corrected chi connectivity index (χ1v) is 6.22. The Hall–Kier alpha value is -1.96. The van der Waals surface area contributed by atoms with Crippen LogP contribution in [0.5, 0.6) is 0 Å². The molecule has 1 aromatic heterocycles. The molecule has 0 aliphatic heterocycles. The molecule has 1 atom stereocenters. The summed E-state index contributed by atoms with van der Waals surface area (Å²) in [6.45, 7) is 3.45. The largest absolute Gasteiger partial charge is 0.416 e. The van der Waals surface area contributed by atoms with Crippen molar-refractivity contribution in [1.29, 1.82) is 0 Å². The number of hydrogen-bond acceptors (Lipinski definition) is 3. The van der Waals surface area contributed by atoms with Crippen molar-refractivity contribution in [1.82, 2.24) is 20.3 Å². The summed E-state index contributed by atoms with van der Waals surface area (Å²) in [5.74, 6) is -0.792. The minimum Gasteiger partial charge on any atom is -0.312 e. The second kappa shape index (κ2) is 5.44. The molecule has 0 radical (unpaired) electrons. The van der Waals surface area contributed by atoms with Gasteiger partial charge in [0.25, 0.3) is 0 Å². The molecule has 1 N–H and O–H groups in total. The van der Waals surface area contributed by atoms with E-state index in [0.29, 0.717) is 17.5 Å². The number of halogens is 4. The van der Waals surface area contributed by atoms with Crippen molar-refractivity contribution < 1.29 is 17.6 Å². The summed E-state index contributed by atoms with van der Waals surface area (Å²) in [6.07, 6.45) is -4.54. The first-order chi connectivity index (χ1) is 9.75. The summed E-state index contributed by atoms with van der Waals surface area (Å²) in [7, 11) is 1.72. The minimum absolute atomic E-state index is 0.146. The predicted molar refractivity (Wildman–Crippen MR) is 68.5 cm³/mol. The van der Waals surface area contributed by atoms with Gasteiger partial charge in [-0.15, -0.1) is 5.10 Å². The van der Waals surface area contributed by atoms with E-state index in [9.17, 15) is 17.6 Å². The summed E-state index contributed by atoms with van der Waals surface area (Å²) in [5, 5.41) is 10.6. The van der Waals surface area contributed by atoms with Gasteiger partial charge in [0.1, 0.15) is 17.2 Å². The summed E-state index contributed by atoms with van der Waals surface area (Å²) in [4.78, 5) is 0. The Morgan fingerprint density at radius 1 is 1.29 bits per heavy atom. The normalized spacial score (nSPS) is 13.5. The fraction of sp³-hybridized carbons (Fsp3) is 0.385. The van der Waals surface area contributed by atoms with Gasteiger partial charge in [-0.2, -0.15) is 13.2 Å². The van der Waals surface area contributed by atoms with Gasteiger partial charge in [-0.1, -0.05) is 5.21 Å². The molecule has 1 heterocycles. The third-order valence-electron chi connectivity index (χ3n) is 3.28. The Balaban J connectivity index is 2.54. The van der Waals surface area contributed by atoms with Crippen LogP contribution in [0.4, 0.5) is 17.6 Å². The highest BCUT2D eigenvalue weighted by Gasteiger charge is 2.31. The molecule has 4 nitrogen and oxygen atoms in total. The van der Waals surface area contributed by atoms with Gasteiger partial charge < -0.3 is 5.32 Å². The standard InChI is InChI=1S/C13H14F4N4/c1-7(18-3)12-8(2)21(20-19-12)11-6-9(13(15,16)17)4-5-10(11)14/h4-7,18H,1-3H3. The van der Waals surface area contributed by atoms with Crippen LogP contribution in [0.25, 0.3) is 5.69 Å². The summed E-state index contributed by atoms with van der Waals surface area (Å²) in [5.41, 5.74) is -0.175. The van der Waals surface area contributed by atoms with Crippen molar-refractivity contribution >= 4 is 0 Å². The lowest BCUT2D eigenvalue weighted by Crippen LogP contribution is -2.14. The van der Waals surface area contributed by atoms with Gasteiger partial charge in [0.15, 0.2) is 0 Å². The van der Waals surface area contributed by atoms with Gasteiger partial charge in [0.2, 0.25) is 0 Å². The third-order valence-corrected chi connectivity index (χ3v) is 3.28. The van der Waals surface area contributed by atoms with E-state index in [1.54, 1.807) is 14.0 Å². The molecule has 1 unspecified atom stereocenters. The van der Waals surface area contributed by atoms with Gasteiger partial charge in [0.05, 0.1) is 17.3 Å². The predicted octanol–water partition coefficient (Wildman–Crippen LogP) is 3.01. The van der Waals surface area contributed by atoms with Crippen LogP contribution in [0, 0.1) is 12.7 Å². The molecule has 1 aromatic carbocycles. The zero-order valence-corrected chi connectivity index (χ0v) is 11.7. The van der Waals surface area contributed by atoms with E-state index < -0.39 is 17.6 Å². The molecule has 2 aromatic rings. The van der Waals surface area contributed by atoms with Crippen LogP contribution in [0.15, 0.2) is 18.2 Å². The van der Waals surface area contributed by atoms with Crippen molar-refractivity contribution in [2.24, 2.45) is 0 Å². The van der Waals surface area contributed by atoms with Gasteiger partial charge in [-0.05, 0) is 39.1 Å². The van der Waals surface area contributed by atoms with E-state index >= 15 is 0 Å². The van der Waals surface area contributed by atoms with E-state index in [0.717, 1.165) is 16.8 Å². The topological polar surface area (TPSA) is 42.7 Å². The van der Waals surface area contributed by atoms with Gasteiger partial charge in [0, 0.05) is 0 Å². The number of nitrogens with zero attached hydrogens (tertiary/aromatic N) is 3. The molecule has 8 heteroatoms. The highest BCUT2D eigenvalue weighted by atomic mass is 19.4. The number of nitrogens with one attached hydrogen (secondary N) is 1. The Bertz CT molecular complexity index is 648. The molecule has 114 valence electrons. The van der Waals surface area contributed by atoms with E-state index in [2.05, 4.69) is 15.6 Å². The number of rotatable bonds is 3. The molecule has 0 aliphatic carbocycles. The number of aromatic nitrogens is 3. The molecule has 0 spiro atoms. The molecular formula is C13H14F4N4. The van der Waals surface area contributed by atoms with Crippen LogP contribution in [-0.4, -0.2) is 22.0 Å². The molecule has 0 bridgehead atoms. The molecule has 2 rings (SSSR count). The molecule has 0 aliphatic rings. The minimum atomic E-state index is -4.54. The van der Waals surface area contributed by atoms with Crippen molar-refractivity contribution in [2.45, 2.75) is 26.1 Å². The first-order valence-electron chi connectivity index (χ1n) is 6.22. The summed E-state index contributed by atoms with van der Waals surface area (Å²) in [6, 6.07) is 2.06. The van der Waals surface area contributed by atoms with Crippen LogP contribution in [0.1, 0.15) is 29.9 Å². The Labute approximate surface area is 118 Å². The number of alkyl halides is 3. The molecule has 0 saturated carbocycles. The number of hydrogen-bond donors (Lipinski definition) is 1. The monoisotopic (exact) mass is 302 g/mol.